The van der Waals surface area contributed by atoms with Crippen molar-refractivity contribution in [3.8, 4) is 11.5 Å². The molecule has 2 aromatic carbocycles. The topological polar surface area (TPSA) is 49.8 Å². The molecule has 0 radical (unpaired) electrons. The lowest BCUT2D eigenvalue weighted by Crippen LogP contribution is -2.32. The van der Waals surface area contributed by atoms with Crippen molar-refractivity contribution >= 4 is 17.5 Å². The van der Waals surface area contributed by atoms with Gasteiger partial charge < -0.3 is 14.7 Å². The fraction of sp³-hybridized carbons (Fsp3) is 0.188. The van der Waals surface area contributed by atoms with E-state index in [1.807, 2.05) is 24.3 Å². The third kappa shape index (κ3) is 2.81. The molecular formula is C16H14ClNO3. The first kappa shape index (κ1) is 13.8. The van der Waals surface area contributed by atoms with Gasteiger partial charge in [-0.25, -0.2) is 0 Å². The monoisotopic (exact) mass is 303 g/mol. The van der Waals surface area contributed by atoms with Crippen molar-refractivity contribution in [3.63, 3.8) is 0 Å². The molecule has 0 unspecified atom stereocenters. The summed E-state index contributed by atoms with van der Waals surface area (Å²) in [5.41, 5.74) is 1.20. The van der Waals surface area contributed by atoms with Crippen LogP contribution in [0.15, 0.2) is 42.5 Å². The number of hydrogen-bond acceptors (Lipinski definition) is 3. The fourth-order valence-corrected chi connectivity index (χ4v) is 2.52. The number of phenolic OH excluding ortho intramolecular Hbond substituents is 1. The number of hydrogen-bond donors (Lipinski definition) is 1. The number of aromatic hydroxyl groups is 1. The normalized spacial score (nSPS) is 14.0. The van der Waals surface area contributed by atoms with Gasteiger partial charge >= 0.3 is 0 Å². The van der Waals surface area contributed by atoms with E-state index in [0.717, 1.165) is 11.3 Å². The number of amides is 1. The second-order valence-electron chi connectivity index (χ2n) is 4.84. The zero-order chi connectivity index (χ0) is 14.8. The maximum atomic E-state index is 12.6. The average Bonchev–Trinajstić information content (AvgIpc) is 2.68. The lowest BCUT2D eigenvalue weighted by molar-refractivity contribution is 0.0730. The number of nitrogens with zero attached hydrogens (tertiary/aromatic N) is 1. The Kier molecular flexibility index (Phi) is 3.71. The van der Waals surface area contributed by atoms with Crippen molar-refractivity contribution in [3.05, 3.63) is 58.6 Å². The highest BCUT2D eigenvalue weighted by Gasteiger charge is 2.22. The number of carbonyl (C=O) groups excluding carboxylic acids is 1. The molecule has 0 fully saturated rings. The summed E-state index contributed by atoms with van der Waals surface area (Å²) in [5, 5.41) is 10.3. The van der Waals surface area contributed by atoms with Gasteiger partial charge in [0, 0.05) is 17.1 Å². The smallest absolute Gasteiger partial charge is 0.258 e. The molecular weight excluding hydrogens is 290 g/mol. The van der Waals surface area contributed by atoms with E-state index in [2.05, 4.69) is 0 Å². The van der Waals surface area contributed by atoms with Gasteiger partial charge in [-0.15, -0.1) is 0 Å². The molecule has 1 aliphatic rings. The summed E-state index contributed by atoms with van der Waals surface area (Å²) in [6.07, 6.45) is 0. The number of rotatable bonds is 1. The van der Waals surface area contributed by atoms with Gasteiger partial charge in [0.2, 0.25) is 0 Å². The molecule has 4 nitrogen and oxygen atoms in total. The predicted molar refractivity (Wildman–Crippen MR) is 79.8 cm³/mol. The number of phenols is 1. The summed E-state index contributed by atoms with van der Waals surface area (Å²) in [7, 11) is 0. The number of benzene rings is 2. The van der Waals surface area contributed by atoms with E-state index in [1.54, 1.807) is 11.0 Å². The standard InChI is InChI=1S/C16H14ClNO3/c17-12-5-6-13(14(19)9-12)16(20)18-7-8-21-15-4-2-1-3-11(15)10-18/h1-6,9,19H,7-8,10H2. The fourth-order valence-electron chi connectivity index (χ4n) is 2.36. The van der Waals surface area contributed by atoms with E-state index < -0.39 is 0 Å². The van der Waals surface area contributed by atoms with Gasteiger partial charge in [0.1, 0.15) is 18.1 Å². The predicted octanol–water partition coefficient (Wildman–Crippen LogP) is 3.08. The van der Waals surface area contributed by atoms with Crippen LogP contribution in [0.3, 0.4) is 0 Å². The quantitative estimate of drug-likeness (QED) is 0.881. The van der Waals surface area contributed by atoms with Crippen LogP contribution in [0.25, 0.3) is 0 Å². The van der Waals surface area contributed by atoms with Crippen molar-refractivity contribution in [2.45, 2.75) is 6.54 Å². The van der Waals surface area contributed by atoms with E-state index in [-0.39, 0.29) is 17.2 Å². The molecule has 5 heteroatoms. The van der Waals surface area contributed by atoms with Crippen LogP contribution in [0, 0.1) is 0 Å². The summed E-state index contributed by atoms with van der Waals surface area (Å²) in [4.78, 5) is 14.2. The second kappa shape index (κ2) is 5.66. The largest absolute Gasteiger partial charge is 0.507 e. The van der Waals surface area contributed by atoms with Crippen LogP contribution >= 0.6 is 11.6 Å². The average molecular weight is 304 g/mol. The Morgan fingerprint density at radius 1 is 1.24 bits per heavy atom. The van der Waals surface area contributed by atoms with E-state index >= 15 is 0 Å². The number of halogens is 1. The van der Waals surface area contributed by atoms with Crippen LogP contribution < -0.4 is 4.74 Å². The lowest BCUT2D eigenvalue weighted by atomic mass is 10.1. The molecule has 1 heterocycles. The molecule has 0 saturated heterocycles. The Balaban J connectivity index is 1.88. The number of fused-ring (bicyclic) bond motifs is 1. The maximum absolute atomic E-state index is 12.6. The Morgan fingerprint density at radius 2 is 2.05 bits per heavy atom. The Labute approximate surface area is 127 Å². The van der Waals surface area contributed by atoms with Crippen molar-refractivity contribution in [1.29, 1.82) is 0 Å². The molecule has 0 bridgehead atoms. The van der Waals surface area contributed by atoms with Crippen LogP contribution in [-0.2, 0) is 6.54 Å². The summed E-state index contributed by atoms with van der Waals surface area (Å²) < 4.78 is 5.64. The van der Waals surface area contributed by atoms with E-state index in [0.29, 0.717) is 24.7 Å². The minimum Gasteiger partial charge on any atom is -0.507 e. The molecule has 1 amide bonds. The first-order chi connectivity index (χ1) is 10.1. The molecule has 1 aliphatic heterocycles. The Hall–Kier alpha value is -2.20. The molecule has 0 aliphatic carbocycles. The molecule has 3 rings (SSSR count). The number of carbonyl (C=O) groups is 1. The highest BCUT2D eigenvalue weighted by atomic mass is 35.5. The lowest BCUT2D eigenvalue weighted by Gasteiger charge is -2.20. The zero-order valence-electron chi connectivity index (χ0n) is 11.3. The van der Waals surface area contributed by atoms with Crippen LogP contribution in [-0.4, -0.2) is 29.1 Å². The molecule has 0 aromatic heterocycles. The minimum absolute atomic E-state index is 0.106. The second-order valence-corrected chi connectivity index (χ2v) is 5.28. The van der Waals surface area contributed by atoms with Crippen LogP contribution in [0.4, 0.5) is 0 Å². The van der Waals surface area contributed by atoms with Gasteiger partial charge in [0.05, 0.1) is 12.1 Å². The minimum atomic E-state index is -0.232. The van der Waals surface area contributed by atoms with Gasteiger partial charge in [-0.2, -0.15) is 0 Å². The Morgan fingerprint density at radius 3 is 2.86 bits per heavy atom. The van der Waals surface area contributed by atoms with Crippen molar-refractivity contribution in [1.82, 2.24) is 4.90 Å². The Bertz CT molecular complexity index is 687. The zero-order valence-corrected chi connectivity index (χ0v) is 12.0. The van der Waals surface area contributed by atoms with Crippen LogP contribution in [0.1, 0.15) is 15.9 Å². The van der Waals surface area contributed by atoms with Gasteiger partial charge in [0.25, 0.3) is 5.91 Å². The van der Waals surface area contributed by atoms with Crippen molar-refractivity contribution in [2.75, 3.05) is 13.2 Å². The summed E-state index contributed by atoms with van der Waals surface area (Å²) in [5.74, 6) is 0.462. The molecule has 1 N–H and O–H groups in total. The third-order valence-electron chi connectivity index (χ3n) is 3.43. The van der Waals surface area contributed by atoms with Gasteiger partial charge in [-0.1, -0.05) is 29.8 Å². The van der Waals surface area contributed by atoms with Gasteiger partial charge in [-0.3, -0.25) is 4.79 Å². The van der Waals surface area contributed by atoms with Crippen LogP contribution in [0.5, 0.6) is 11.5 Å². The molecule has 0 atom stereocenters. The van der Waals surface area contributed by atoms with Crippen molar-refractivity contribution in [2.24, 2.45) is 0 Å². The molecule has 2 aromatic rings. The van der Waals surface area contributed by atoms with Gasteiger partial charge in [-0.05, 0) is 24.3 Å². The van der Waals surface area contributed by atoms with Gasteiger partial charge in [0.15, 0.2) is 0 Å². The first-order valence-electron chi connectivity index (χ1n) is 6.63. The number of para-hydroxylation sites is 1. The highest BCUT2D eigenvalue weighted by molar-refractivity contribution is 6.30. The van der Waals surface area contributed by atoms with Crippen LogP contribution in [0.2, 0.25) is 5.02 Å². The van der Waals surface area contributed by atoms with E-state index in [9.17, 15) is 9.90 Å². The summed E-state index contributed by atoms with van der Waals surface area (Å²) in [6, 6.07) is 12.1. The van der Waals surface area contributed by atoms with Crippen molar-refractivity contribution < 1.29 is 14.6 Å². The summed E-state index contributed by atoms with van der Waals surface area (Å²) in [6.45, 7) is 1.35. The maximum Gasteiger partial charge on any atom is 0.258 e. The van der Waals surface area contributed by atoms with E-state index in [4.69, 9.17) is 16.3 Å². The van der Waals surface area contributed by atoms with E-state index in [1.165, 1.54) is 12.1 Å². The summed E-state index contributed by atoms with van der Waals surface area (Å²) >= 11 is 5.80. The first-order valence-corrected chi connectivity index (χ1v) is 7.01. The highest BCUT2D eigenvalue weighted by Crippen LogP contribution is 2.27. The number of ether oxygens (including phenoxy) is 1. The molecule has 0 saturated carbocycles. The molecule has 21 heavy (non-hydrogen) atoms. The molecule has 0 spiro atoms. The molecule has 108 valence electrons. The SMILES string of the molecule is O=C(c1ccc(Cl)cc1O)N1CCOc2ccccc2C1. The third-order valence-corrected chi connectivity index (χ3v) is 3.67.